The first-order valence-electron chi connectivity index (χ1n) is 6.10. The molecule has 4 heteroatoms. The average molecular weight is 270 g/mol. The molecule has 2 aromatic rings. The molecule has 0 aliphatic carbocycles. The Morgan fingerprint density at radius 3 is 2.35 bits per heavy atom. The average Bonchev–Trinajstić information content (AvgIpc) is 2.43. The Hall–Kier alpha value is -2.62. The lowest BCUT2D eigenvalue weighted by molar-refractivity contribution is -0.120. The number of benzene rings is 2. The van der Waals surface area contributed by atoms with Crippen molar-refractivity contribution in [3.05, 3.63) is 59.2 Å². The molecule has 0 heterocycles. The molecule has 0 aliphatic rings. The van der Waals surface area contributed by atoms with Crippen LogP contribution in [0.2, 0.25) is 0 Å². The number of rotatable bonds is 4. The number of hydrogen-bond acceptors (Lipinski definition) is 4. The summed E-state index contributed by atoms with van der Waals surface area (Å²) in [5.41, 5.74) is 2.28. The summed E-state index contributed by atoms with van der Waals surface area (Å²) < 4.78 is 10.0. The molecule has 0 fully saturated rings. The van der Waals surface area contributed by atoms with Crippen molar-refractivity contribution in [3.63, 3.8) is 0 Å². The Kier molecular flexibility index (Phi) is 4.15. The summed E-state index contributed by atoms with van der Waals surface area (Å²) in [5.74, 6) is 0.429. The highest BCUT2D eigenvalue weighted by molar-refractivity contribution is 5.91. The third-order valence-corrected chi connectivity index (χ3v) is 2.82. The van der Waals surface area contributed by atoms with Crippen LogP contribution in [0.25, 0.3) is 0 Å². The van der Waals surface area contributed by atoms with Crippen LogP contribution in [0.4, 0.5) is 0 Å². The van der Waals surface area contributed by atoms with Gasteiger partial charge in [0.05, 0.1) is 5.56 Å². The van der Waals surface area contributed by atoms with Crippen molar-refractivity contribution in [1.29, 1.82) is 0 Å². The molecular formula is C16H14O4. The van der Waals surface area contributed by atoms with Crippen LogP contribution < -0.4 is 9.47 Å². The highest BCUT2D eigenvalue weighted by Crippen LogP contribution is 2.24. The summed E-state index contributed by atoms with van der Waals surface area (Å²) in [7, 11) is 0. The molecule has 0 aliphatic heterocycles. The van der Waals surface area contributed by atoms with Crippen molar-refractivity contribution in [2.45, 2.75) is 13.8 Å². The number of carbonyl (C=O) groups excluding carboxylic acids is 2. The second kappa shape index (κ2) is 6.02. The van der Waals surface area contributed by atoms with E-state index in [9.17, 15) is 9.59 Å². The van der Waals surface area contributed by atoms with Gasteiger partial charge in [-0.15, -0.1) is 0 Å². The van der Waals surface area contributed by atoms with Gasteiger partial charge in [0, 0.05) is 0 Å². The topological polar surface area (TPSA) is 52.6 Å². The van der Waals surface area contributed by atoms with E-state index in [2.05, 4.69) is 0 Å². The van der Waals surface area contributed by atoms with Crippen molar-refractivity contribution in [3.8, 4) is 11.5 Å². The van der Waals surface area contributed by atoms with Crippen molar-refractivity contribution >= 4 is 12.4 Å². The van der Waals surface area contributed by atoms with Crippen LogP contribution in [0.15, 0.2) is 42.5 Å². The predicted octanol–water partition coefficient (Wildman–Crippen LogP) is 3.06. The predicted molar refractivity (Wildman–Crippen MR) is 74.0 cm³/mol. The first kappa shape index (κ1) is 13.8. The first-order chi connectivity index (χ1) is 9.60. The van der Waals surface area contributed by atoms with Gasteiger partial charge in [-0.25, -0.2) is 4.79 Å². The molecule has 2 rings (SSSR count). The van der Waals surface area contributed by atoms with Crippen LogP contribution in [0, 0.1) is 13.8 Å². The molecule has 0 saturated carbocycles. The minimum absolute atomic E-state index is 0.354. The third-order valence-electron chi connectivity index (χ3n) is 2.82. The molecule has 20 heavy (non-hydrogen) atoms. The molecule has 0 saturated heterocycles. The van der Waals surface area contributed by atoms with Crippen LogP contribution in [0.1, 0.15) is 21.5 Å². The summed E-state index contributed by atoms with van der Waals surface area (Å²) in [4.78, 5) is 22.2. The number of esters is 1. The lowest BCUT2D eigenvalue weighted by Crippen LogP contribution is -2.09. The van der Waals surface area contributed by atoms with Crippen LogP contribution >= 0.6 is 0 Å². The highest BCUT2D eigenvalue weighted by atomic mass is 16.5. The zero-order chi connectivity index (χ0) is 14.5. The maximum Gasteiger partial charge on any atom is 0.343 e. The lowest BCUT2D eigenvalue weighted by atomic mass is 10.1. The maximum absolute atomic E-state index is 12.0. The third kappa shape index (κ3) is 3.23. The normalized spacial score (nSPS) is 9.90. The second-order valence-electron chi connectivity index (χ2n) is 4.40. The number of hydrogen-bond donors (Lipinski definition) is 0. The number of ether oxygens (including phenoxy) is 2. The lowest BCUT2D eigenvalue weighted by Gasteiger charge is -2.08. The van der Waals surface area contributed by atoms with Gasteiger partial charge in [0.2, 0.25) is 0 Å². The van der Waals surface area contributed by atoms with E-state index in [0.717, 1.165) is 5.56 Å². The van der Waals surface area contributed by atoms with Crippen LogP contribution in [-0.4, -0.2) is 12.4 Å². The van der Waals surface area contributed by atoms with Gasteiger partial charge in [-0.05, 0) is 49.7 Å². The minimum atomic E-state index is -0.419. The van der Waals surface area contributed by atoms with E-state index in [0.29, 0.717) is 29.1 Å². The summed E-state index contributed by atoms with van der Waals surface area (Å²) in [6, 6.07) is 11.9. The molecule has 0 radical (unpaired) electrons. The molecule has 0 unspecified atom stereocenters. The van der Waals surface area contributed by atoms with E-state index in [1.165, 1.54) is 0 Å². The van der Waals surface area contributed by atoms with Crippen molar-refractivity contribution in [2.75, 3.05) is 0 Å². The summed E-state index contributed by atoms with van der Waals surface area (Å²) in [6.45, 7) is 4.08. The molecular weight excluding hydrogens is 256 g/mol. The van der Waals surface area contributed by atoms with E-state index < -0.39 is 5.97 Å². The largest absolute Gasteiger partial charge is 0.429 e. The monoisotopic (exact) mass is 270 g/mol. The van der Waals surface area contributed by atoms with Crippen LogP contribution in [0.3, 0.4) is 0 Å². The van der Waals surface area contributed by atoms with Gasteiger partial charge in [-0.2, -0.15) is 0 Å². The van der Waals surface area contributed by atoms with Gasteiger partial charge in [0.25, 0.3) is 6.47 Å². The fraction of sp³-hybridized carbons (Fsp3) is 0.125. The fourth-order valence-corrected chi connectivity index (χ4v) is 1.71. The molecule has 0 amide bonds. The zero-order valence-electron chi connectivity index (χ0n) is 11.3. The van der Waals surface area contributed by atoms with E-state index in [-0.39, 0.29) is 0 Å². The molecule has 0 aromatic heterocycles. The molecule has 102 valence electrons. The molecule has 0 atom stereocenters. The fourth-order valence-electron chi connectivity index (χ4n) is 1.71. The van der Waals surface area contributed by atoms with Crippen LogP contribution in [0.5, 0.6) is 11.5 Å². The quantitative estimate of drug-likeness (QED) is 0.487. The Morgan fingerprint density at radius 1 is 1.05 bits per heavy atom. The van der Waals surface area contributed by atoms with Crippen molar-refractivity contribution in [2.24, 2.45) is 0 Å². The Morgan fingerprint density at radius 2 is 1.75 bits per heavy atom. The van der Waals surface area contributed by atoms with E-state index in [1.807, 2.05) is 19.1 Å². The standard InChI is InChI=1S/C16H14O4/c1-11-3-5-13(6-4-11)16(18)20-15-8-7-14(19-10-17)9-12(15)2/h3-10H,1-2H3. The highest BCUT2D eigenvalue weighted by Gasteiger charge is 2.10. The number of carbonyl (C=O) groups is 2. The van der Waals surface area contributed by atoms with Crippen LogP contribution in [-0.2, 0) is 4.79 Å². The van der Waals surface area contributed by atoms with Gasteiger partial charge in [-0.1, -0.05) is 17.7 Å². The number of aryl methyl sites for hydroxylation is 2. The van der Waals surface area contributed by atoms with E-state index >= 15 is 0 Å². The minimum Gasteiger partial charge on any atom is -0.429 e. The molecule has 4 nitrogen and oxygen atoms in total. The summed E-state index contributed by atoms with van der Waals surface area (Å²) in [5, 5.41) is 0. The molecule has 2 aromatic carbocycles. The van der Waals surface area contributed by atoms with Gasteiger partial charge < -0.3 is 9.47 Å². The molecule has 0 spiro atoms. The first-order valence-corrected chi connectivity index (χ1v) is 6.10. The van der Waals surface area contributed by atoms with Crippen molar-refractivity contribution < 1.29 is 19.1 Å². The van der Waals surface area contributed by atoms with Gasteiger partial charge >= 0.3 is 5.97 Å². The van der Waals surface area contributed by atoms with E-state index in [1.54, 1.807) is 37.3 Å². The summed E-state index contributed by atoms with van der Waals surface area (Å²) in [6.07, 6.45) is 0. The smallest absolute Gasteiger partial charge is 0.343 e. The molecule has 0 bridgehead atoms. The van der Waals surface area contributed by atoms with Gasteiger partial charge in [-0.3, -0.25) is 4.79 Å². The Bertz CT molecular complexity index is 629. The Labute approximate surface area is 116 Å². The van der Waals surface area contributed by atoms with E-state index in [4.69, 9.17) is 9.47 Å². The maximum atomic E-state index is 12.0. The SMILES string of the molecule is Cc1ccc(C(=O)Oc2ccc(OC=O)cc2C)cc1. The summed E-state index contributed by atoms with van der Waals surface area (Å²) >= 11 is 0. The van der Waals surface area contributed by atoms with Gasteiger partial charge in [0.1, 0.15) is 11.5 Å². The van der Waals surface area contributed by atoms with Gasteiger partial charge in [0.15, 0.2) is 0 Å². The molecule has 0 N–H and O–H groups in total. The zero-order valence-corrected chi connectivity index (χ0v) is 11.3. The Balaban J connectivity index is 2.15. The second-order valence-corrected chi connectivity index (χ2v) is 4.40. The van der Waals surface area contributed by atoms with Crippen molar-refractivity contribution in [1.82, 2.24) is 0 Å².